The molecule has 2 N–H and O–H groups in total. The van der Waals surface area contributed by atoms with Gasteiger partial charge in [-0.15, -0.1) is 0 Å². The zero-order chi connectivity index (χ0) is 15.1. The molecule has 0 fully saturated rings. The summed E-state index contributed by atoms with van der Waals surface area (Å²) in [7, 11) is 0. The van der Waals surface area contributed by atoms with E-state index in [0.29, 0.717) is 25.1 Å². The van der Waals surface area contributed by atoms with Crippen LogP contribution < -0.4 is 5.32 Å². The number of amides is 1. The van der Waals surface area contributed by atoms with Crippen molar-refractivity contribution in [1.82, 2.24) is 14.9 Å². The van der Waals surface area contributed by atoms with E-state index in [-0.39, 0.29) is 12.3 Å². The highest BCUT2D eigenvalue weighted by Crippen LogP contribution is 2.10. The second kappa shape index (κ2) is 7.23. The van der Waals surface area contributed by atoms with E-state index in [2.05, 4.69) is 10.3 Å². The van der Waals surface area contributed by atoms with E-state index >= 15 is 0 Å². The normalized spacial score (nSPS) is 10.3. The standard InChI is InChI=1S/C15H17N3O3/c19-14(20)8-4-5-9-17-15(21)13-10-16-11-18(13)12-6-2-1-3-7-12/h1-3,6-7,10-11H,4-5,8-9H2,(H,17,21)(H,19,20). The number of rotatable bonds is 7. The molecule has 1 aromatic carbocycles. The zero-order valence-corrected chi connectivity index (χ0v) is 11.5. The Bertz CT molecular complexity index is 608. The summed E-state index contributed by atoms with van der Waals surface area (Å²) in [6.07, 6.45) is 4.41. The number of carbonyl (C=O) groups excluding carboxylic acids is 1. The van der Waals surface area contributed by atoms with Gasteiger partial charge in [-0.1, -0.05) is 18.2 Å². The minimum Gasteiger partial charge on any atom is -0.481 e. The fourth-order valence-corrected chi connectivity index (χ4v) is 1.95. The fraction of sp³-hybridized carbons (Fsp3) is 0.267. The number of unbranched alkanes of at least 4 members (excludes halogenated alkanes) is 1. The predicted octanol–water partition coefficient (Wildman–Crippen LogP) is 1.86. The molecule has 21 heavy (non-hydrogen) atoms. The first-order chi connectivity index (χ1) is 10.2. The summed E-state index contributed by atoms with van der Waals surface area (Å²) < 4.78 is 1.71. The number of benzene rings is 1. The lowest BCUT2D eigenvalue weighted by Crippen LogP contribution is -2.26. The number of nitrogens with one attached hydrogen (secondary N) is 1. The van der Waals surface area contributed by atoms with Gasteiger partial charge in [-0.25, -0.2) is 4.98 Å². The number of aromatic nitrogens is 2. The Morgan fingerprint density at radius 1 is 1.19 bits per heavy atom. The first-order valence-corrected chi connectivity index (χ1v) is 6.76. The number of para-hydroxylation sites is 1. The predicted molar refractivity (Wildman–Crippen MR) is 77.4 cm³/mol. The molecule has 2 rings (SSSR count). The Kier molecular flexibility index (Phi) is 5.09. The summed E-state index contributed by atoms with van der Waals surface area (Å²) in [5.41, 5.74) is 1.32. The second-order valence-electron chi connectivity index (χ2n) is 4.59. The van der Waals surface area contributed by atoms with Crippen molar-refractivity contribution in [2.75, 3.05) is 6.54 Å². The van der Waals surface area contributed by atoms with E-state index < -0.39 is 5.97 Å². The highest BCUT2D eigenvalue weighted by molar-refractivity contribution is 5.92. The van der Waals surface area contributed by atoms with Crippen LogP contribution in [0.1, 0.15) is 29.8 Å². The van der Waals surface area contributed by atoms with Crippen molar-refractivity contribution < 1.29 is 14.7 Å². The monoisotopic (exact) mass is 287 g/mol. The number of aliphatic carboxylic acids is 1. The molecule has 0 saturated carbocycles. The van der Waals surface area contributed by atoms with Crippen LogP contribution in [0.3, 0.4) is 0 Å². The molecule has 1 aromatic heterocycles. The molecule has 2 aromatic rings. The van der Waals surface area contributed by atoms with Gasteiger partial charge in [-0.2, -0.15) is 0 Å². The molecule has 0 saturated heterocycles. The van der Waals surface area contributed by atoms with Crippen molar-refractivity contribution in [3.05, 3.63) is 48.5 Å². The van der Waals surface area contributed by atoms with Gasteiger partial charge < -0.3 is 10.4 Å². The van der Waals surface area contributed by atoms with Crippen molar-refractivity contribution >= 4 is 11.9 Å². The molecule has 6 heteroatoms. The minimum absolute atomic E-state index is 0.123. The number of hydrogen-bond acceptors (Lipinski definition) is 3. The molecule has 0 aliphatic rings. The summed E-state index contributed by atoms with van der Waals surface area (Å²) >= 11 is 0. The number of nitrogens with zero attached hydrogens (tertiary/aromatic N) is 2. The van der Waals surface area contributed by atoms with Crippen molar-refractivity contribution in [3.8, 4) is 5.69 Å². The summed E-state index contributed by atoms with van der Waals surface area (Å²) in [4.78, 5) is 26.5. The number of hydrogen-bond donors (Lipinski definition) is 2. The first-order valence-electron chi connectivity index (χ1n) is 6.76. The third kappa shape index (κ3) is 4.17. The lowest BCUT2D eigenvalue weighted by atomic mass is 10.2. The van der Waals surface area contributed by atoms with Crippen molar-refractivity contribution in [1.29, 1.82) is 0 Å². The molecule has 1 amide bonds. The van der Waals surface area contributed by atoms with Gasteiger partial charge in [0.25, 0.3) is 5.91 Å². The molecule has 0 unspecified atom stereocenters. The van der Waals surface area contributed by atoms with E-state index in [4.69, 9.17) is 5.11 Å². The second-order valence-corrected chi connectivity index (χ2v) is 4.59. The van der Waals surface area contributed by atoms with Crippen LogP contribution in [0.15, 0.2) is 42.9 Å². The highest BCUT2D eigenvalue weighted by Gasteiger charge is 2.12. The number of imidazole rings is 1. The van der Waals surface area contributed by atoms with Crippen LogP contribution in [0.25, 0.3) is 5.69 Å². The topological polar surface area (TPSA) is 84.2 Å². The Balaban J connectivity index is 1.92. The molecule has 1 heterocycles. The zero-order valence-electron chi connectivity index (χ0n) is 11.5. The molecule has 0 radical (unpaired) electrons. The van der Waals surface area contributed by atoms with Gasteiger partial charge in [-0.3, -0.25) is 14.2 Å². The molecule has 0 aliphatic carbocycles. The highest BCUT2D eigenvalue weighted by atomic mass is 16.4. The van der Waals surface area contributed by atoms with Crippen LogP contribution in [0.5, 0.6) is 0 Å². The quantitative estimate of drug-likeness (QED) is 0.761. The number of carboxylic acid groups (broad SMARTS) is 1. The lowest BCUT2D eigenvalue weighted by Gasteiger charge is -2.08. The maximum absolute atomic E-state index is 12.1. The molecular weight excluding hydrogens is 270 g/mol. The van der Waals surface area contributed by atoms with Gasteiger partial charge in [0.2, 0.25) is 0 Å². The van der Waals surface area contributed by atoms with E-state index in [1.807, 2.05) is 30.3 Å². The van der Waals surface area contributed by atoms with Crippen LogP contribution in [0, 0.1) is 0 Å². The van der Waals surface area contributed by atoms with Gasteiger partial charge in [0.1, 0.15) is 5.69 Å². The van der Waals surface area contributed by atoms with Gasteiger partial charge in [0.15, 0.2) is 0 Å². The van der Waals surface area contributed by atoms with Crippen LogP contribution in [0.4, 0.5) is 0 Å². The largest absolute Gasteiger partial charge is 0.481 e. The molecule has 110 valence electrons. The smallest absolute Gasteiger partial charge is 0.303 e. The lowest BCUT2D eigenvalue weighted by molar-refractivity contribution is -0.137. The maximum Gasteiger partial charge on any atom is 0.303 e. The number of carboxylic acids is 1. The Morgan fingerprint density at radius 2 is 1.95 bits per heavy atom. The van der Waals surface area contributed by atoms with E-state index in [9.17, 15) is 9.59 Å². The summed E-state index contributed by atoms with van der Waals surface area (Å²) in [6, 6.07) is 9.48. The number of carbonyl (C=O) groups is 2. The average molecular weight is 287 g/mol. The third-order valence-electron chi connectivity index (χ3n) is 3.01. The Labute approximate surface area is 122 Å². The van der Waals surface area contributed by atoms with Crippen LogP contribution in [0.2, 0.25) is 0 Å². The Morgan fingerprint density at radius 3 is 2.67 bits per heavy atom. The molecular formula is C15H17N3O3. The summed E-state index contributed by atoms with van der Waals surface area (Å²) in [6.45, 7) is 0.450. The first kappa shape index (κ1) is 14.8. The van der Waals surface area contributed by atoms with Crippen LogP contribution >= 0.6 is 0 Å². The van der Waals surface area contributed by atoms with E-state index in [1.54, 1.807) is 10.9 Å². The van der Waals surface area contributed by atoms with Crippen LogP contribution in [-0.4, -0.2) is 33.1 Å². The summed E-state index contributed by atoms with van der Waals surface area (Å²) in [5, 5.41) is 11.3. The molecule has 6 nitrogen and oxygen atoms in total. The van der Waals surface area contributed by atoms with Crippen LogP contribution in [-0.2, 0) is 4.79 Å². The van der Waals surface area contributed by atoms with Crippen molar-refractivity contribution in [2.24, 2.45) is 0 Å². The fourth-order valence-electron chi connectivity index (χ4n) is 1.95. The van der Waals surface area contributed by atoms with Gasteiger partial charge in [-0.05, 0) is 25.0 Å². The van der Waals surface area contributed by atoms with Crippen molar-refractivity contribution in [2.45, 2.75) is 19.3 Å². The van der Waals surface area contributed by atoms with Gasteiger partial charge >= 0.3 is 5.97 Å². The molecule has 0 aliphatic heterocycles. The van der Waals surface area contributed by atoms with Gasteiger partial charge in [0, 0.05) is 18.7 Å². The summed E-state index contributed by atoms with van der Waals surface area (Å²) in [5.74, 6) is -1.03. The maximum atomic E-state index is 12.1. The van der Waals surface area contributed by atoms with Gasteiger partial charge in [0.05, 0.1) is 12.5 Å². The van der Waals surface area contributed by atoms with E-state index in [1.165, 1.54) is 6.20 Å². The van der Waals surface area contributed by atoms with Crippen molar-refractivity contribution in [3.63, 3.8) is 0 Å². The third-order valence-corrected chi connectivity index (χ3v) is 3.01. The molecule has 0 atom stereocenters. The average Bonchev–Trinajstić information content (AvgIpc) is 2.97. The van der Waals surface area contributed by atoms with E-state index in [0.717, 1.165) is 5.69 Å². The Hall–Kier alpha value is -2.63. The molecule has 0 bridgehead atoms. The SMILES string of the molecule is O=C(O)CCCCNC(=O)c1cncn1-c1ccccc1. The minimum atomic E-state index is -0.816. The molecule has 0 spiro atoms.